The van der Waals surface area contributed by atoms with Gasteiger partial charge >= 0.3 is 0 Å². The van der Waals surface area contributed by atoms with Crippen LogP contribution in [0, 0.1) is 5.92 Å². The molecule has 10 heavy (non-hydrogen) atoms. The van der Waals surface area contributed by atoms with Gasteiger partial charge in [0.25, 0.3) is 0 Å². The van der Waals surface area contributed by atoms with Crippen molar-refractivity contribution in [2.24, 2.45) is 10.9 Å². The molecule has 1 atom stereocenters. The van der Waals surface area contributed by atoms with E-state index in [0.29, 0.717) is 4.48 Å². The van der Waals surface area contributed by atoms with Crippen LogP contribution in [0.2, 0.25) is 0 Å². The molecule has 0 radical (unpaired) electrons. The Labute approximate surface area is 66.0 Å². The second kappa shape index (κ2) is 3.23. The van der Waals surface area contributed by atoms with E-state index in [4.69, 9.17) is 0 Å². The van der Waals surface area contributed by atoms with Crippen molar-refractivity contribution in [1.29, 1.82) is 0 Å². The van der Waals surface area contributed by atoms with E-state index in [-0.39, 0.29) is 6.54 Å². The highest BCUT2D eigenvalue weighted by Gasteiger charge is 2.19. The summed E-state index contributed by atoms with van der Waals surface area (Å²) >= 11 is 3.08. The fourth-order valence-corrected chi connectivity index (χ4v) is 1.20. The van der Waals surface area contributed by atoms with E-state index >= 15 is 0 Å². The Balaban J connectivity index is 2.60. The molecule has 1 aliphatic heterocycles. The molecule has 1 heterocycles. The fraction of sp³-hybridized carbons (Fsp3) is 0.500. The number of allylic oxidation sites excluding steroid dienone is 1. The maximum absolute atomic E-state index is 12.0. The lowest BCUT2D eigenvalue weighted by molar-refractivity contribution is 0.104. The van der Waals surface area contributed by atoms with Gasteiger partial charge in [-0.3, -0.25) is 4.99 Å². The summed E-state index contributed by atoms with van der Waals surface area (Å²) in [4.78, 5) is 3.74. The highest BCUT2D eigenvalue weighted by Crippen LogP contribution is 2.19. The third-order valence-corrected chi connectivity index (χ3v) is 1.70. The summed E-state index contributed by atoms with van der Waals surface area (Å²) < 4.78 is 24.6. The van der Waals surface area contributed by atoms with Crippen LogP contribution in [-0.4, -0.2) is 19.2 Å². The third kappa shape index (κ3) is 1.87. The third-order valence-electron chi connectivity index (χ3n) is 1.23. The first-order chi connectivity index (χ1) is 4.70. The molecule has 0 saturated heterocycles. The van der Waals surface area contributed by atoms with Crippen LogP contribution >= 0.6 is 15.9 Å². The molecule has 0 bridgehead atoms. The molecule has 56 valence electrons. The number of dihydropyridines is 1. The van der Waals surface area contributed by atoms with Crippen molar-refractivity contribution in [3.63, 3.8) is 0 Å². The van der Waals surface area contributed by atoms with Crippen molar-refractivity contribution >= 4 is 22.1 Å². The van der Waals surface area contributed by atoms with E-state index in [2.05, 4.69) is 20.9 Å². The second-order valence-electron chi connectivity index (χ2n) is 2.04. The summed E-state index contributed by atoms with van der Waals surface area (Å²) in [5.41, 5.74) is 0. The minimum Gasteiger partial charge on any atom is -0.291 e. The highest BCUT2D eigenvalue weighted by atomic mass is 79.9. The highest BCUT2D eigenvalue weighted by molar-refractivity contribution is 9.12. The Morgan fingerprint density at radius 2 is 2.40 bits per heavy atom. The van der Waals surface area contributed by atoms with Gasteiger partial charge in [0.15, 0.2) is 0 Å². The summed E-state index contributed by atoms with van der Waals surface area (Å²) in [5, 5.41) is 0. The van der Waals surface area contributed by atoms with Gasteiger partial charge in [0.1, 0.15) is 0 Å². The molecule has 0 amide bonds. The molecule has 0 aliphatic carbocycles. The molecule has 4 heteroatoms. The van der Waals surface area contributed by atoms with Crippen LogP contribution in [0.1, 0.15) is 0 Å². The van der Waals surface area contributed by atoms with E-state index in [1.54, 1.807) is 6.21 Å². The molecule has 0 aromatic rings. The van der Waals surface area contributed by atoms with Crippen LogP contribution in [0.15, 0.2) is 15.6 Å². The minimum absolute atomic E-state index is 0.201. The number of hydrogen-bond donors (Lipinski definition) is 0. The molecule has 0 fully saturated rings. The first-order valence-corrected chi connectivity index (χ1v) is 3.65. The topological polar surface area (TPSA) is 12.4 Å². The minimum atomic E-state index is -2.30. The van der Waals surface area contributed by atoms with Crippen molar-refractivity contribution in [2.45, 2.75) is 6.43 Å². The smallest absolute Gasteiger partial charge is 0.246 e. The van der Waals surface area contributed by atoms with E-state index in [1.807, 2.05) is 0 Å². The monoisotopic (exact) mass is 209 g/mol. The number of hydrogen-bond acceptors (Lipinski definition) is 1. The van der Waals surface area contributed by atoms with Crippen molar-refractivity contribution in [2.75, 3.05) is 6.54 Å². The first-order valence-electron chi connectivity index (χ1n) is 2.85. The Hall–Kier alpha value is -0.250. The lowest BCUT2D eigenvalue weighted by atomic mass is 10.1. The lowest BCUT2D eigenvalue weighted by Gasteiger charge is -2.11. The van der Waals surface area contributed by atoms with Crippen LogP contribution in [0.5, 0.6) is 0 Å². The predicted octanol–water partition coefficient (Wildman–Crippen LogP) is 2.23. The van der Waals surface area contributed by atoms with Gasteiger partial charge in [-0.25, -0.2) is 8.78 Å². The van der Waals surface area contributed by atoms with Gasteiger partial charge in [-0.1, -0.05) is 6.08 Å². The molecule has 0 spiro atoms. The molecular weight excluding hydrogens is 204 g/mol. The summed E-state index contributed by atoms with van der Waals surface area (Å²) in [6.07, 6.45) is 0.723. The number of halogens is 3. The summed E-state index contributed by atoms with van der Waals surface area (Å²) in [6, 6.07) is 0. The zero-order chi connectivity index (χ0) is 7.56. The largest absolute Gasteiger partial charge is 0.291 e. The standard InChI is InChI=1S/C6H6BrF2N/c7-5-1-4(6(8)9)2-10-3-5/h1,3-4,6H,2H2. The van der Waals surface area contributed by atoms with Crippen molar-refractivity contribution in [3.8, 4) is 0 Å². The van der Waals surface area contributed by atoms with Gasteiger partial charge in [0.2, 0.25) is 6.43 Å². The number of rotatable bonds is 1. The molecule has 1 nitrogen and oxygen atoms in total. The second-order valence-corrected chi connectivity index (χ2v) is 2.96. The van der Waals surface area contributed by atoms with E-state index in [9.17, 15) is 8.78 Å². The van der Waals surface area contributed by atoms with Crippen molar-refractivity contribution in [1.82, 2.24) is 0 Å². The van der Waals surface area contributed by atoms with Gasteiger partial charge in [-0.2, -0.15) is 0 Å². The van der Waals surface area contributed by atoms with Crippen molar-refractivity contribution in [3.05, 3.63) is 10.6 Å². The van der Waals surface area contributed by atoms with Crippen LogP contribution < -0.4 is 0 Å². The Morgan fingerprint density at radius 1 is 1.70 bits per heavy atom. The van der Waals surface area contributed by atoms with Crippen LogP contribution in [-0.2, 0) is 0 Å². The van der Waals surface area contributed by atoms with Crippen LogP contribution in [0.25, 0.3) is 0 Å². The predicted molar refractivity (Wildman–Crippen MR) is 39.9 cm³/mol. The molecule has 1 unspecified atom stereocenters. The molecule has 1 rings (SSSR count). The van der Waals surface area contributed by atoms with Crippen LogP contribution in [0.3, 0.4) is 0 Å². The Kier molecular flexibility index (Phi) is 2.54. The van der Waals surface area contributed by atoms with E-state index in [1.165, 1.54) is 6.08 Å². The maximum Gasteiger partial charge on any atom is 0.246 e. The first kappa shape index (κ1) is 7.85. The molecule has 0 aromatic heterocycles. The van der Waals surface area contributed by atoms with Gasteiger partial charge < -0.3 is 0 Å². The average Bonchev–Trinajstić information content (AvgIpc) is 1.88. The number of nitrogens with zero attached hydrogens (tertiary/aromatic N) is 1. The van der Waals surface area contributed by atoms with Gasteiger partial charge in [0, 0.05) is 10.7 Å². The summed E-state index contributed by atoms with van der Waals surface area (Å²) in [5.74, 6) is -0.709. The SMILES string of the molecule is FC(F)C1C=C(Br)C=NC1. The average molecular weight is 210 g/mol. The van der Waals surface area contributed by atoms with E-state index < -0.39 is 12.3 Å². The van der Waals surface area contributed by atoms with Crippen LogP contribution in [0.4, 0.5) is 8.78 Å². The maximum atomic E-state index is 12.0. The van der Waals surface area contributed by atoms with Gasteiger partial charge in [-0.15, -0.1) is 0 Å². The van der Waals surface area contributed by atoms with E-state index in [0.717, 1.165) is 0 Å². The number of aliphatic imine (C=N–C) groups is 1. The number of alkyl halides is 2. The molecule has 0 aromatic carbocycles. The van der Waals surface area contributed by atoms with Gasteiger partial charge in [0.05, 0.1) is 12.5 Å². The molecule has 1 aliphatic rings. The quantitative estimate of drug-likeness (QED) is 0.629. The van der Waals surface area contributed by atoms with Crippen molar-refractivity contribution < 1.29 is 8.78 Å². The zero-order valence-electron chi connectivity index (χ0n) is 5.10. The lowest BCUT2D eigenvalue weighted by Crippen LogP contribution is -2.15. The molecule has 0 saturated carbocycles. The summed E-state index contributed by atoms with van der Waals surface area (Å²) in [6.45, 7) is 0.201. The Morgan fingerprint density at radius 3 is 2.80 bits per heavy atom. The Bertz CT molecular complexity index is 177. The molecule has 0 N–H and O–H groups in total. The normalized spacial score (nSPS) is 25.2. The zero-order valence-corrected chi connectivity index (χ0v) is 6.68. The fourth-order valence-electron chi connectivity index (χ4n) is 0.714. The van der Waals surface area contributed by atoms with Gasteiger partial charge in [-0.05, 0) is 15.9 Å². The molecular formula is C6H6BrF2N. The summed E-state index contributed by atoms with van der Waals surface area (Å²) in [7, 11) is 0.